The lowest BCUT2D eigenvalue weighted by atomic mass is 9.79. The number of amides is 1. The number of rotatable bonds is 6. The van der Waals surface area contributed by atoms with Crippen LogP contribution in [0.15, 0.2) is 34.9 Å². The first kappa shape index (κ1) is 24.3. The van der Waals surface area contributed by atoms with Crippen molar-refractivity contribution < 1.29 is 32.7 Å². The minimum Gasteiger partial charge on any atom is -0.491 e. The van der Waals surface area contributed by atoms with Crippen LogP contribution in [-0.2, 0) is 4.79 Å². The van der Waals surface area contributed by atoms with Crippen LogP contribution in [0.25, 0.3) is 0 Å². The molecule has 2 atom stereocenters. The normalized spacial score (nSPS) is 17.3. The molecule has 3 N–H and O–H groups in total. The number of ketones is 1. The van der Waals surface area contributed by atoms with Crippen LogP contribution < -0.4 is 20.6 Å². The summed E-state index contributed by atoms with van der Waals surface area (Å²) in [6.07, 6.45) is 0. The van der Waals surface area contributed by atoms with Gasteiger partial charge in [-0.05, 0) is 23.4 Å². The summed E-state index contributed by atoms with van der Waals surface area (Å²) in [7, 11) is -0.866. The summed E-state index contributed by atoms with van der Waals surface area (Å²) in [6, 6.07) is 6.34. The molecule has 0 aliphatic carbocycles. The van der Waals surface area contributed by atoms with Crippen molar-refractivity contribution in [2.45, 2.75) is 25.6 Å². The van der Waals surface area contributed by atoms with Gasteiger partial charge in [0.2, 0.25) is 23.3 Å². The molecular weight excluding hydrogens is 478 g/mol. The highest BCUT2D eigenvalue weighted by Crippen LogP contribution is 2.38. The first-order chi connectivity index (χ1) is 16.5. The Morgan fingerprint density at radius 2 is 1.89 bits per heavy atom. The second-order valence-electron chi connectivity index (χ2n) is 9.22. The fourth-order valence-electron chi connectivity index (χ4n) is 4.21. The molecule has 12 heteroatoms. The zero-order valence-electron chi connectivity index (χ0n) is 19.5. The first-order valence-electron chi connectivity index (χ1n) is 10.8. The van der Waals surface area contributed by atoms with Crippen LogP contribution in [0.2, 0.25) is 19.6 Å². The molecule has 1 amide bonds. The number of Topliss-reactive ketones (excluding diaryl/α,β-unsaturated/α-hetero) is 1. The quantitative estimate of drug-likeness (QED) is 0.346. The smallest absolute Gasteiger partial charge is 0.252 e. The zero-order valence-corrected chi connectivity index (χ0v) is 20.5. The van der Waals surface area contributed by atoms with E-state index in [2.05, 4.69) is 20.8 Å². The number of halogens is 2. The topological polar surface area (TPSA) is 127 Å². The first-order valence-corrected chi connectivity index (χ1v) is 14.3. The van der Waals surface area contributed by atoms with Crippen LogP contribution >= 0.6 is 0 Å². The second kappa shape index (κ2) is 9.10. The van der Waals surface area contributed by atoms with Crippen LogP contribution in [-0.4, -0.2) is 48.7 Å². The average molecular weight is 503 g/mol. The average Bonchev–Trinajstić information content (AvgIpc) is 3.22. The maximum atomic E-state index is 14.8. The molecular formula is C23H24F2N4O5Si. The lowest BCUT2D eigenvalue weighted by molar-refractivity contribution is -0.118. The monoisotopic (exact) mass is 502 g/mol. The van der Waals surface area contributed by atoms with Crippen LogP contribution in [0.3, 0.4) is 0 Å². The van der Waals surface area contributed by atoms with Gasteiger partial charge in [-0.1, -0.05) is 19.6 Å². The third-order valence-corrected chi connectivity index (χ3v) is 7.73. The van der Waals surface area contributed by atoms with E-state index in [0.29, 0.717) is 17.3 Å². The number of hydrogen-bond donors (Lipinski definition) is 3. The maximum Gasteiger partial charge on any atom is 0.252 e. The number of benzene rings is 1. The highest BCUT2D eigenvalue weighted by molar-refractivity contribution is 6.88. The minimum absolute atomic E-state index is 0.00281. The lowest BCUT2D eigenvalue weighted by Gasteiger charge is -2.31. The predicted octanol–water partition coefficient (Wildman–Crippen LogP) is 3.25. The standard InChI is InChI=1S/C23H24F2N4O5Si/c1-33-18-6-5-12-19(13(10-26-22(12)28-18)20(31)16-9-17(30)29-34-16)23(32)27-11-7-14(24)21(15(25)8-11)35(2,3)4/h5-9,13,19H,10H2,1-4H3,(H,26,28)(H,27,32)(H,29,30)/t13?,19-/m0/s1. The third kappa shape index (κ3) is 4.74. The maximum absolute atomic E-state index is 14.8. The number of fused-ring (bicyclic) bond motifs is 1. The number of carbonyl (C=O) groups is 2. The Hall–Kier alpha value is -3.80. The largest absolute Gasteiger partial charge is 0.491 e. The number of aromatic nitrogens is 2. The van der Waals surface area contributed by atoms with E-state index in [1.54, 1.807) is 6.07 Å². The number of hydrogen-bond acceptors (Lipinski definition) is 8. The van der Waals surface area contributed by atoms with E-state index < -0.39 is 49.1 Å². The van der Waals surface area contributed by atoms with Gasteiger partial charge in [-0.3, -0.25) is 9.59 Å². The molecule has 1 aliphatic rings. The minimum atomic E-state index is -2.31. The third-order valence-electron chi connectivity index (χ3n) is 5.76. The van der Waals surface area contributed by atoms with Gasteiger partial charge >= 0.3 is 0 Å². The summed E-state index contributed by atoms with van der Waals surface area (Å²) in [5, 5.41) is 18.4. The SMILES string of the molecule is COc1ccc2c(n1)NCC(C(=O)c1cc(O)no1)[C@H]2C(=O)Nc1cc(F)c([Si](C)(C)C)c(F)c1. The van der Waals surface area contributed by atoms with Crippen molar-refractivity contribution in [2.75, 3.05) is 24.3 Å². The molecule has 1 aromatic carbocycles. The van der Waals surface area contributed by atoms with Gasteiger partial charge in [0, 0.05) is 29.0 Å². The van der Waals surface area contributed by atoms with E-state index in [9.17, 15) is 23.5 Å². The summed E-state index contributed by atoms with van der Waals surface area (Å²) in [6.45, 7) is 5.45. The van der Waals surface area contributed by atoms with Crippen molar-refractivity contribution in [3.8, 4) is 11.8 Å². The van der Waals surface area contributed by atoms with Gasteiger partial charge in [-0.2, -0.15) is 4.98 Å². The van der Waals surface area contributed by atoms with E-state index in [4.69, 9.17) is 9.26 Å². The fraction of sp³-hybridized carbons (Fsp3) is 0.304. The lowest BCUT2D eigenvalue weighted by Crippen LogP contribution is -2.43. The number of pyridine rings is 1. The van der Waals surface area contributed by atoms with Crippen LogP contribution in [0.4, 0.5) is 20.3 Å². The molecule has 3 aromatic rings. The second-order valence-corrected chi connectivity index (χ2v) is 14.2. The molecule has 1 aliphatic heterocycles. The number of nitrogens with zero attached hydrogens (tertiary/aromatic N) is 2. The van der Waals surface area contributed by atoms with Crippen LogP contribution in [0.5, 0.6) is 11.8 Å². The molecule has 0 fully saturated rings. The molecule has 1 unspecified atom stereocenters. The molecule has 3 heterocycles. The molecule has 2 aromatic heterocycles. The summed E-state index contributed by atoms with van der Waals surface area (Å²) >= 11 is 0. The van der Waals surface area contributed by atoms with E-state index in [1.807, 2.05) is 19.6 Å². The number of carbonyl (C=O) groups excluding carboxylic acids is 2. The Bertz CT molecular complexity index is 1280. The highest BCUT2D eigenvalue weighted by atomic mass is 28.3. The highest BCUT2D eigenvalue weighted by Gasteiger charge is 2.42. The summed E-state index contributed by atoms with van der Waals surface area (Å²) in [4.78, 5) is 30.9. The molecule has 4 rings (SSSR count). The molecule has 0 saturated heterocycles. The number of ether oxygens (including phenoxy) is 1. The van der Waals surface area contributed by atoms with Crippen molar-refractivity contribution >= 4 is 36.5 Å². The van der Waals surface area contributed by atoms with Gasteiger partial charge in [0.25, 0.3) is 5.88 Å². The predicted molar refractivity (Wildman–Crippen MR) is 126 cm³/mol. The van der Waals surface area contributed by atoms with Crippen molar-refractivity contribution in [2.24, 2.45) is 5.92 Å². The van der Waals surface area contributed by atoms with Crippen molar-refractivity contribution in [1.29, 1.82) is 0 Å². The fourth-order valence-corrected chi connectivity index (χ4v) is 5.79. The zero-order chi connectivity index (χ0) is 25.5. The van der Waals surface area contributed by atoms with Gasteiger partial charge < -0.3 is 25.0 Å². The summed E-state index contributed by atoms with van der Waals surface area (Å²) < 4.78 is 39.5. The molecule has 9 nitrogen and oxygen atoms in total. The number of nitrogens with one attached hydrogen (secondary N) is 2. The Morgan fingerprint density at radius 3 is 2.46 bits per heavy atom. The molecule has 0 saturated carbocycles. The molecule has 0 spiro atoms. The van der Waals surface area contributed by atoms with Gasteiger partial charge in [0.1, 0.15) is 17.5 Å². The molecule has 184 valence electrons. The number of anilines is 2. The van der Waals surface area contributed by atoms with Crippen molar-refractivity contribution in [1.82, 2.24) is 10.1 Å². The summed E-state index contributed by atoms with van der Waals surface area (Å²) in [5.41, 5.74) is 0.313. The van der Waals surface area contributed by atoms with Crippen molar-refractivity contribution in [3.05, 3.63) is 53.3 Å². The van der Waals surface area contributed by atoms with E-state index in [-0.39, 0.29) is 23.2 Å². The van der Waals surface area contributed by atoms with E-state index in [0.717, 1.165) is 18.2 Å². The Labute approximate surface area is 200 Å². The Morgan fingerprint density at radius 1 is 1.20 bits per heavy atom. The van der Waals surface area contributed by atoms with Gasteiger partial charge in [0.15, 0.2) is 0 Å². The van der Waals surface area contributed by atoms with Crippen LogP contribution in [0, 0.1) is 17.6 Å². The van der Waals surface area contributed by atoms with E-state index >= 15 is 0 Å². The Kier molecular flexibility index (Phi) is 6.32. The van der Waals surface area contributed by atoms with Gasteiger partial charge in [0.05, 0.1) is 33.1 Å². The molecule has 35 heavy (non-hydrogen) atoms. The Balaban J connectivity index is 1.72. The molecule has 0 bridgehead atoms. The van der Waals surface area contributed by atoms with Crippen molar-refractivity contribution in [3.63, 3.8) is 0 Å². The number of methoxy groups -OCH3 is 1. The summed E-state index contributed by atoms with van der Waals surface area (Å²) in [5.74, 6) is -4.87. The molecule has 0 radical (unpaired) electrons. The number of aromatic hydroxyl groups is 1. The van der Waals surface area contributed by atoms with E-state index in [1.165, 1.54) is 13.2 Å². The van der Waals surface area contributed by atoms with Gasteiger partial charge in [-0.25, -0.2) is 8.78 Å². The van der Waals surface area contributed by atoms with Gasteiger partial charge in [-0.15, -0.1) is 0 Å². The van der Waals surface area contributed by atoms with Crippen LogP contribution in [0.1, 0.15) is 22.0 Å².